The number of ether oxygens (including phenoxy) is 1. The van der Waals surface area contributed by atoms with E-state index in [0.29, 0.717) is 6.07 Å². The van der Waals surface area contributed by atoms with Crippen molar-refractivity contribution < 1.29 is 22.3 Å². The summed E-state index contributed by atoms with van der Waals surface area (Å²) in [6, 6.07) is 4.32. The number of nitrogens with zero attached hydrogens (tertiary/aromatic N) is 3. The zero-order valence-corrected chi connectivity index (χ0v) is 8.65. The van der Waals surface area contributed by atoms with E-state index in [0.717, 1.165) is 6.07 Å². The average Bonchev–Trinajstić information content (AvgIpc) is 2.32. The Morgan fingerprint density at radius 2 is 1.83 bits per heavy atom. The number of rotatable bonds is 2. The monoisotopic (exact) mass is 259 g/mol. The third-order valence-corrected chi connectivity index (χ3v) is 1.87. The molecule has 0 aliphatic rings. The van der Waals surface area contributed by atoms with Crippen molar-refractivity contribution in [3.8, 4) is 11.6 Å². The summed E-state index contributed by atoms with van der Waals surface area (Å²) in [5, 5.41) is 6.13. The van der Waals surface area contributed by atoms with Crippen molar-refractivity contribution in [3.63, 3.8) is 0 Å². The van der Waals surface area contributed by atoms with Crippen LogP contribution in [0, 0.1) is 5.95 Å². The summed E-state index contributed by atoms with van der Waals surface area (Å²) >= 11 is 0. The first-order chi connectivity index (χ1) is 8.47. The van der Waals surface area contributed by atoms with Crippen LogP contribution >= 0.6 is 0 Å². The van der Waals surface area contributed by atoms with E-state index in [9.17, 15) is 17.6 Å². The van der Waals surface area contributed by atoms with Crippen molar-refractivity contribution in [2.75, 3.05) is 0 Å². The molecule has 8 heteroatoms. The minimum atomic E-state index is -4.58. The van der Waals surface area contributed by atoms with Gasteiger partial charge in [-0.05, 0) is 18.2 Å². The van der Waals surface area contributed by atoms with Gasteiger partial charge in [0, 0.05) is 12.3 Å². The molecule has 4 nitrogen and oxygen atoms in total. The highest BCUT2D eigenvalue weighted by atomic mass is 19.4. The zero-order chi connectivity index (χ0) is 13.2. The molecule has 2 aromatic rings. The first-order valence-electron chi connectivity index (χ1n) is 4.66. The Bertz CT molecular complexity index is 542. The SMILES string of the molecule is Fc1ncccc1Oc1ccc(C(F)(F)F)nn1. The Labute approximate surface area is 98.3 Å². The summed E-state index contributed by atoms with van der Waals surface area (Å²) < 4.78 is 54.6. The van der Waals surface area contributed by atoms with Crippen LogP contribution in [0.3, 0.4) is 0 Å². The quantitative estimate of drug-likeness (QED) is 0.614. The molecule has 0 aliphatic carbocycles. The Morgan fingerprint density at radius 3 is 2.39 bits per heavy atom. The number of hydrogen-bond acceptors (Lipinski definition) is 4. The molecule has 0 saturated carbocycles. The third kappa shape index (κ3) is 2.70. The van der Waals surface area contributed by atoms with E-state index in [-0.39, 0.29) is 11.6 Å². The van der Waals surface area contributed by atoms with Crippen LogP contribution in [-0.2, 0) is 6.18 Å². The van der Waals surface area contributed by atoms with Gasteiger partial charge in [-0.25, -0.2) is 4.98 Å². The summed E-state index contributed by atoms with van der Waals surface area (Å²) in [4.78, 5) is 3.31. The molecule has 0 fully saturated rings. The molecule has 0 spiro atoms. The highest BCUT2D eigenvalue weighted by Crippen LogP contribution is 2.28. The molecule has 0 amide bonds. The third-order valence-electron chi connectivity index (χ3n) is 1.87. The molecule has 0 atom stereocenters. The van der Waals surface area contributed by atoms with Crippen LogP contribution < -0.4 is 4.74 Å². The fourth-order valence-corrected chi connectivity index (χ4v) is 1.09. The van der Waals surface area contributed by atoms with Crippen LogP contribution in [0.5, 0.6) is 11.6 Å². The fourth-order valence-electron chi connectivity index (χ4n) is 1.09. The van der Waals surface area contributed by atoms with Crippen molar-refractivity contribution in [2.24, 2.45) is 0 Å². The molecule has 2 aromatic heterocycles. The molecule has 0 N–H and O–H groups in total. The standard InChI is InChI=1S/C10H5F4N3O/c11-9-6(2-1-5-15-9)18-8-4-3-7(16-17-8)10(12,13)14/h1-5H. The van der Waals surface area contributed by atoms with Crippen molar-refractivity contribution >= 4 is 0 Å². The van der Waals surface area contributed by atoms with Crippen LogP contribution in [0.4, 0.5) is 17.6 Å². The predicted molar refractivity (Wildman–Crippen MR) is 51.3 cm³/mol. The second-order valence-electron chi connectivity index (χ2n) is 3.15. The average molecular weight is 259 g/mol. The number of pyridine rings is 1. The lowest BCUT2D eigenvalue weighted by atomic mass is 10.4. The molecule has 0 unspecified atom stereocenters. The first kappa shape index (κ1) is 12.2. The topological polar surface area (TPSA) is 47.9 Å². The number of alkyl halides is 3. The normalized spacial score (nSPS) is 11.3. The van der Waals surface area contributed by atoms with Crippen LogP contribution in [0.1, 0.15) is 5.69 Å². The second-order valence-corrected chi connectivity index (χ2v) is 3.15. The molecule has 0 aromatic carbocycles. The summed E-state index contributed by atoms with van der Waals surface area (Å²) in [5.41, 5.74) is -1.15. The maximum absolute atomic E-state index is 13.1. The summed E-state index contributed by atoms with van der Waals surface area (Å²) in [7, 11) is 0. The van der Waals surface area contributed by atoms with Crippen molar-refractivity contribution in [1.29, 1.82) is 0 Å². The highest BCUT2D eigenvalue weighted by Gasteiger charge is 2.33. The van der Waals surface area contributed by atoms with Gasteiger partial charge in [-0.15, -0.1) is 10.2 Å². The number of hydrogen-bond donors (Lipinski definition) is 0. The lowest BCUT2D eigenvalue weighted by Crippen LogP contribution is -2.09. The van der Waals surface area contributed by atoms with E-state index in [2.05, 4.69) is 15.2 Å². The Morgan fingerprint density at radius 1 is 1.06 bits per heavy atom. The lowest BCUT2D eigenvalue weighted by molar-refractivity contribution is -0.141. The fraction of sp³-hybridized carbons (Fsp3) is 0.100. The van der Waals surface area contributed by atoms with Gasteiger partial charge in [-0.3, -0.25) is 0 Å². The predicted octanol–water partition coefficient (Wildman–Crippen LogP) is 2.82. The molecule has 2 rings (SSSR count). The first-order valence-corrected chi connectivity index (χ1v) is 4.66. The van der Waals surface area contributed by atoms with E-state index in [1.54, 1.807) is 0 Å². The van der Waals surface area contributed by atoms with Gasteiger partial charge in [-0.1, -0.05) is 0 Å². The van der Waals surface area contributed by atoms with Gasteiger partial charge in [0.15, 0.2) is 11.4 Å². The second kappa shape index (κ2) is 4.55. The number of aromatic nitrogens is 3. The van der Waals surface area contributed by atoms with Gasteiger partial charge in [0.25, 0.3) is 5.95 Å². The highest BCUT2D eigenvalue weighted by molar-refractivity contribution is 5.24. The number of halogens is 4. The van der Waals surface area contributed by atoms with Crippen molar-refractivity contribution in [3.05, 3.63) is 42.1 Å². The van der Waals surface area contributed by atoms with E-state index in [4.69, 9.17) is 4.74 Å². The molecular weight excluding hydrogens is 254 g/mol. The van der Waals surface area contributed by atoms with Crippen LogP contribution in [0.25, 0.3) is 0 Å². The zero-order valence-electron chi connectivity index (χ0n) is 8.65. The Balaban J connectivity index is 2.19. The van der Waals surface area contributed by atoms with Gasteiger partial charge < -0.3 is 4.74 Å². The van der Waals surface area contributed by atoms with Crippen LogP contribution in [0.2, 0.25) is 0 Å². The Hall–Kier alpha value is -2.25. The molecular formula is C10H5F4N3O. The summed E-state index contributed by atoms with van der Waals surface area (Å²) in [6.07, 6.45) is -3.37. The largest absolute Gasteiger partial charge is 0.435 e. The van der Waals surface area contributed by atoms with E-state index in [1.165, 1.54) is 18.3 Å². The molecule has 0 radical (unpaired) electrons. The molecule has 94 valence electrons. The van der Waals surface area contributed by atoms with Gasteiger partial charge in [0.1, 0.15) is 0 Å². The summed E-state index contributed by atoms with van der Waals surface area (Å²) in [5.74, 6) is -1.39. The van der Waals surface area contributed by atoms with Crippen molar-refractivity contribution in [1.82, 2.24) is 15.2 Å². The lowest BCUT2D eigenvalue weighted by Gasteiger charge is -2.06. The Kier molecular flexibility index (Phi) is 3.09. The van der Waals surface area contributed by atoms with Crippen LogP contribution in [-0.4, -0.2) is 15.2 Å². The van der Waals surface area contributed by atoms with Crippen molar-refractivity contribution in [2.45, 2.75) is 6.18 Å². The van der Waals surface area contributed by atoms with E-state index in [1.807, 2.05) is 0 Å². The minimum Gasteiger partial charge on any atom is -0.433 e. The molecule has 18 heavy (non-hydrogen) atoms. The van der Waals surface area contributed by atoms with E-state index < -0.39 is 17.8 Å². The molecule has 0 bridgehead atoms. The van der Waals surface area contributed by atoms with Crippen LogP contribution in [0.15, 0.2) is 30.5 Å². The van der Waals surface area contributed by atoms with Gasteiger partial charge in [0.05, 0.1) is 0 Å². The molecule has 0 aliphatic heterocycles. The summed E-state index contributed by atoms with van der Waals surface area (Å²) in [6.45, 7) is 0. The maximum atomic E-state index is 13.1. The maximum Gasteiger partial charge on any atom is 0.435 e. The molecule has 0 saturated heterocycles. The minimum absolute atomic E-state index is 0.244. The smallest absolute Gasteiger partial charge is 0.433 e. The van der Waals surface area contributed by atoms with E-state index >= 15 is 0 Å². The van der Waals surface area contributed by atoms with Gasteiger partial charge in [-0.2, -0.15) is 17.6 Å². The van der Waals surface area contributed by atoms with Gasteiger partial charge in [0.2, 0.25) is 5.88 Å². The molecule has 2 heterocycles. The van der Waals surface area contributed by atoms with Gasteiger partial charge >= 0.3 is 6.18 Å².